The van der Waals surface area contributed by atoms with Gasteiger partial charge in [0.2, 0.25) is 0 Å². The monoisotopic (exact) mass is 609 g/mol. The van der Waals surface area contributed by atoms with Crippen molar-refractivity contribution in [3.8, 4) is 0 Å². The summed E-state index contributed by atoms with van der Waals surface area (Å²) in [7, 11) is 0. The molecule has 6 nitrogen and oxygen atoms in total. The van der Waals surface area contributed by atoms with E-state index in [-0.39, 0.29) is 12.3 Å². The average Bonchev–Trinajstić information content (AvgIpc) is 2.97. The summed E-state index contributed by atoms with van der Waals surface area (Å²) in [6, 6.07) is 16.5. The van der Waals surface area contributed by atoms with E-state index in [2.05, 4.69) is 33.8 Å². The van der Waals surface area contributed by atoms with Crippen molar-refractivity contribution in [3.63, 3.8) is 0 Å². The van der Waals surface area contributed by atoms with Crippen LogP contribution >= 0.6 is 0 Å². The fourth-order valence-corrected chi connectivity index (χ4v) is 5.44. The summed E-state index contributed by atoms with van der Waals surface area (Å²) in [5.74, 6) is 0.107. The number of alkyl halides is 3. The van der Waals surface area contributed by atoms with E-state index in [1.165, 1.54) is 25.4 Å². The summed E-state index contributed by atoms with van der Waals surface area (Å²) in [5, 5.41) is 6.05. The average molecular weight is 610 g/mol. The second-order valence-electron chi connectivity index (χ2n) is 9.28. The van der Waals surface area contributed by atoms with Gasteiger partial charge in [-0.15, -0.1) is 0 Å². The van der Waals surface area contributed by atoms with Gasteiger partial charge in [0.05, 0.1) is 0 Å². The van der Waals surface area contributed by atoms with E-state index in [0.29, 0.717) is 31.6 Å². The number of carbonyl (C=O) groups is 1. The molecule has 42 heavy (non-hydrogen) atoms. The van der Waals surface area contributed by atoms with Crippen LogP contribution in [0.25, 0.3) is 17.2 Å². The Morgan fingerprint density at radius 2 is 1.71 bits per heavy atom. The number of aromatic nitrogens is 2. The number of carbonyl (C=O) groups excluding carboxylic acids is 1. The van der Waals surface area contributed by atoms with Crippen molar-refractivity contribution in [1.82, 2.24) is 15.3 Å². The van der Waals surface area contributed by atoms with Gasteiger partial charge in [-0.25, -0.2) is 0 Å². The minimum absolute atomic E-state index is 0.158. The van der Waals surface area contributed by atoms with Crippen LogP contribution in [0.2, 0.25) is 0 Å². The molecule has 1 aromatic heterocycles. The molecule has 0 fully saturated rings. The van der Waals surface area contributed by atoms with Crippen LogP contribution in [0.1, 0.15) is 42.8 Å². The summed E-state index contributed by atoms with van der Waals surface area (Å²) in [5.41, 5.74) is 3.23. The fraction of sp³-hybridized carbons (Fsp3) is 0.156. The van der Waals surface area contributed by atoms with Crippen molar-refractivity contribution in [1.29, 1.82) is 0 Å². The van der Waals surface area contributed by atoms with E-state index >= 15 is 0 Å². The minimum atomic E-state index is -4.51. The summed E-state index contributed by atoms with van der Waals surface area (Å²) < 4.78 is 47.5. The van der Waals surface area contributed by atoms with Gasteiger partial charge in [-0.2, -0.15) is 0 Å². The van der Waals surface area contributed by atoms with Crippen molar-refractivity contribution in [3.05, 3.63) is 120 Å². The number of rotatable bonds is 11. The summed E-state index contributed by atoms with van der Waals surface area (Å²) in [4.78, 5) is 21.3. The SMILES string of the molecule is C=Cc1ncc(/C(=C/C(=C\C)C(F)(F)F)C[C]2=[V]=[C](NC(C)C(=O)Nc3ccccc3C(=C)c3ccccc3)O2)cn1. The van der Waals surface area contributed by atoms with E-state index in [0.717, 1.165) is 28.9 Å². The maximum absolute atomic E-state index is 13.5. The molecule has 0 spiro atoms. The van der Waals surface area contributed by atoms with E-state index in [9.17, 15) is 18.0 Å². The van der Waals surface area contributed by atoms with Gasteiger partial charge in [0.15, 0.2) is 0 Å². The van der Waals surface area contributed by atoms with Gasteiger partial charge in [-0.3, -0.25) is 0 Å². The molecule has 1 aliphatic heterocycles. The Balaban J connectivity index is 1.47. The number of para-hydroxylation sites is 1. The molecule has 0 bridgehead atoms. The van der Waals surface area contributed by atoms with Crippen LogP contribution in [0.3, 0.4) is 0 Å². The molecule has 1 atom stereocenters. The number of ether oxygens (including phenoxy) is 1. The second-order valence-corrected chi connectivity index (χ2v) is 11.0. The van der Waals surface area contributed by atoms with Crippen LogP contribution in [0.5, 0.6) is 0 Å². The molecule has 1 amide bonds. The third-order valence-corrected chi connectivity index (χ3v) is 7.78. The number of hydrogen-bond acceptors (Lipinski definition) is 5. The van der Waals surface area contributed by atoms with Gasteiger partial charge in [-0.05, 0) is 0 Å². The fourth-order valence-electron chi connectivity index (χ4n) is 4.04. The number of allylic oxidation sites excluding steroid dienone is 3. The molecule has 0 aliphatic carbocycles. The molecule has 3 aromatic rings. The number of nitrogens with zero attached hydrogens (tertiary/aromatic N) is 2. The Morgan fingerprint density at radius 3 is 2.33 bits per heavy atom. The zero-order valence-electron chi connectivity index (χ0n) is 23.1. The first-order valence-electron chi connectivity index (χ1n) is 13.0. The Bertz CT molecular complexity index is 1620. The Hall–Kier alpha value is -4.02. The molecular weight excluding hydrogens is 580 g/mol. The van der Waals surface area contributed by atoms with E-state index < -0.39 is 33.2 Å². The zero-order valence-corrected chi connectivity index (χ0v) is 24.5. The van der Waals surface area contributed by atoms with Crippen molar-refractivity contribution >= 4 is 37.8 Å². The van der Waals surface area contributed by atoms with Crippen LogP contribution < -0.4 is 10.6 Å². The Labute approximate surface area is 248 Å². The number of halogens is 3. The molecule has 4 rings (SSSR count). The van der Waals surface area contributed by atoms with Crippen molar-refractivity contribution in [2.45, 2.75) is 32.5 Å². The van der Waals surface area contributed by atoms with Crippen LogP contribution in [0, 0.1) is 0 Å². The maximum atomic E-state index is 13.5. The third-order valence-electron chi connectivity index (χ3n) is 6.34. The van der Waals surface area contributed by atoms with Crippen LogP contribution in [-0.2, 0) is 24.9 Å². The van der Waals surface area contributed by atoms with Crippen molar-refractivity contribution in [2.75, 3.05) is 5.32 Å². The van der Waals surface area contributed by atoms with Crippen LogP contribution in [-0.4, -0.2) is 37.0 Å². The number of nitrogens with one attached hydrogen (secondary N) is 2. The molecule has 0 saturated carbocycles. The van der Waals surface area contributed by atoms with Crippen LogP contribution in [0.4, 0.5) is 18.9 Å². The van der Waals surface area contributed by atoms with Crippen molar-refractivity contribution in [2.24, 2.45) is 0 Å². The third kappa shape index (κ3) is 7.83. The predicted octanol–water partition coefficient (Wildman–Crippen LogP) is 6.41. The topological polar surface area (TPSA) is 76.1 Å². The van der Waals surface area contributed by atoms with Gasteiger partial charge >= 0.3 is 249 Å². The van der Waals surface area contributed by atoms with Crippen LogP contribution in [0.15, 0.2) is 97.9 Å². The molecule has 0 radical (unpaired) electrons. The molecular formula is C32H29F3N4O2V. The quantitative estimate of drug-likeness (QED) is 0.246. The van der Waals surface area contributed by atoms with Gasteiger partial charge < -0.3 is 0 Å². The summed E-state index contributed by atoms with van der Waals surface area (Å²) in [6.45, 7) is 10.9. The summed E-state index contributed by atoms with van der Waals surface area (Å²) in [6.07, 6.45) is 2.15. The van der Waals surface area contributed by atoms with E-state index in [1.807, 2.05) is 54.6 Å². The van der Waals surface area contributed by atoms with Gasteiger partial charge in [-0.1, -0.05) is 0 Å². The Kier molecular flexibility index (Phi) is 10.1. The molecule has 10 heteroatoms. The molecule has 2 aromatic carbocycles. The normalized spacial score (nSPS) is 14.3. The first-order chi connectivity index (χ1) is 20.1. The first-order valence-corrected chi connectivity index (χ1v) is 14.4. The molecule has 2 N–H and O–H groups in total. The standard InChI is InChI=1S/C32H29F3N4O2.V/c1-5-27(32(33,34)35)18-25(26-19-36-30(6-2)37-20-26)16-17-41-21-38-23(4)31(40)39-29-15-11-10-14-28(29)22(3)24-12-8-7-9-13-24;/h5-15,18-20,23,38H,2-3,16H2,1,4H3,(H,39,40);/b25-18+,27-5+;. The number of anilines is 1. The second kappa shape index (κ2) is 13.8. The van der Waals surface area contributed by atoms with Gasteiger partial charge in [0.25, 0.3) is 0 Å². The molecule has 2 heterocycles. The molecule has 1 unspecified atom stereocenters. The predicted molar refractivity (Wildman–Crippen MR) is 158 cm³/mol. The van der Waals surface area contributed by atoms with Gasteiger partial charge in [0.1, 0.15) is 0 Å². The zero-order chi connectivity index (χ0) is 30.3. The molecule has 0 saturated heterocycles. The number of amides is 1. The first kappa shape index (κ1) is 30.9. The van der Waals surface area contributed by atoms with Gasteiger partial charge in [0, 0.05) is 0 Å². The van der Waals surface area contributed by atoms with Crippen molar-refractivity contribution < 1.29 is 38.1 Å². The molecule has 1 aliphatic rings. The summed E-state index contributed by atoms with van der Waals surface area (Å²) >= 11 is -0.627. The molecule has 215 valence electrons. The Morgan fingerprint density at radius 1 is 1.07 bits per heavy atom. The number of hydrogen-bond donors (Lipinski definition) is 2. The number of benzene rings is 2. The van der Waals surface area contributed by atoms with E-state index in [1.54, 1.807) is 6.92 Å². The van der Waals surface area contributed by atoms with E-state index in [4.69, 9.17) is 4.74 Å².